The monoisotopic (exact) mass is 358 g/mol. The largest absolute Gasteiger partial charge is 0.534 e. The van der Waals surface area contributed by atoms with Crippen LogP contribution in [-0.2, 0) is 17.2 Å². The van der Waals surface area contributed by atoms with Crippen LogP contribution in [0.4, 0.5) is 13.2 Å². The van der Waals surface area contributed by atoms with Crippen molar-refractivity contribution in [2.75, 3.05) is 0 Å². The molecule has 3 rings (SSSR count). The summed E-state index contributed by atoms with van der Waals surface area (Å²) in [5.41, 5.74) is -4.01. The lowest BCUT2D eigenvalue weighted by molar-refractivity contribution is -0.0501. The molecule has 3 aromatic rings. The lowest BCUT2D eigenvalue weighted by Gasteiger charge is -2.09. The standard InChI is InChI=1S/C13H9F3N4O3S/c1-20-11-3-2-8(4-9(11)5-18-20)10-6-17-7-12(19-10)23-24(21,22)13(14,15)16/h2-7H,1H3. The van der Waals surface area contributed by atoms with E-state index in [0.717, 1.165) is 17.1 Å². The molecule has 2 heterocycles. The number of halogens is 3. The maximum absolute atomic E-state index is 12.3. The van der Waals surface area contributed by atoms with Crippen LogP contribution in [0, 0.1) is 0 Å². The van der Waals surface area contributed by atoms with Crippen molar-refractivity contribution in [2.24, 2.45) is 7.05 Å². The lowest BCUT2D eigenvalue weighted by Crippen LogP contribution is -2.28. The van der Waals surface area contributed by atoms with Crippen LogP contribution in [0.2, 0.25) is 0 Å². The van der Waals surface area contributed by atoms with E-state index in [1.54, 1.807) is 36.1 Å². The number of nitrogens with zero attached hydrogens (tertiary/aromatic N) is 4. The van der Waals surface area contributed by atoms with Gasteiger partial charge in [-0.1, -0.05) is 6.07 Å². The average molecular weight is 358 g/mol. The number of hydrogen-bond donors (Lipinski definition) is 0. The van der Waals surface area contributed by atoms with Gasteiger partial charge in [-0.25, -0.2) is 4.98 Å². The maximum atomic E-state index is 12.3. The third-order valence-electron chi connectivity index (χ3n) is 3.13. The van der Waals surface area contributed by atoms with Gasteiger partial charge in [0.05, 0.1) is 29.8 Å². The molecule has 2 aromatic heterocycles. The summed E-state index contributed by atoms with van der Waals surface area (Å²) < 4.78 is 64.7. The quantitative estimate of drug-likeness (QED) is 0.527. The van der Waals surface area contributed by atoms with Gasteiger partial charge in [0.25, 0.3) is 5.88 Å². The summed E-state index contributed by atoms with van der Waals surface area (Å²) >= 11 is 0. The van der Waals surface area contributed by atoms with Gasteiger partial charge in [-0.3, -0.25) is 9.67 Å². The highest BCUT2D eigenvalue weighted by Crippen LogP contribution is 2.27. The Balaban J connectivity index is 1.97. The van der Waals surface area contributed by atoms with Crippen LogP contribution in [0.15, 0.2) is 36.8 Å². The van der Waals surface area contributed by atoms with Crippen molar-refractivity contribution in [2.45, 2.75) is 5.51 Å². The fraction of sp³-hybridized carbons (Fsp3) is 0.154. The van der Waals surface area contributed by atoms with Crippen molar-refractivity contribution in [1.82, 2.24) is 19.7 Å². The molecule has 0 saturated heterocycles. The number of fused-ring (bicyclic) bond motifs is 1. The van der Waals surface area contributed by atoms with E-state index in [9.17, 15) is 21.6 Å². The van der Waals surface area contributed by atoms with E-state index in [4.69, 9.17) is 0 Å². The van der Waals surface area contributed by atoms with Crippen molar-refractivity contribution < 1.29 is 25.8 Å². The molecule has 0 N–H and O–H groups in total. The molecule has 0 amide bonds. The zero-order chi connectivity index (χ0) is 17.5. The molecule has 0 atom stereocenters. The van der Waals surface area contributed by atoms with Gasteiger partial charge in [-0.2, -0.15) is 26.7 Å². The lowest BCUT2D eigenvalue weighted by atomic mass is 10.1. The van der Waals surface area contributed by atoms with Gasteiger partial charge < -0.3 is 4.18 Å². The van der Waals surface area contributed by atoms with E-state index in [1.165, 1.54) is 6.20 Å². The highest BCUT2D eigenvalue weighted by Gasteiger charge is 2.48. The van der Waals surface area contributed by atoms with Crippen molar-refractivity contribution in [3.8, 4) is 17.1 Å². The SMILES string of the molecule is Cn1ncc2cc(-c3cncc(OS(=O)(=O)C(F)(F)F)n3)ccc21. The first kappa shape index (κ1) is 16.2. The van der Waals surface area contributed by atoms with Crippen molar-refractivity contribution in [1.29, 1.82) is 0 Å². The Hall–Kier alpha value is -2.69. The molecule has 0 aliphatic carbocycles. The third kappa shape index (κ3) is 2.89. The normalized spacial score (nSPS) is 12.5. The van der Waals surface area contributed by atoms with E-state index in [0.29, 0.717) is 5.56 Å². The molecule has 0 radical (unpaired) electrons. The Morgan fingerprint density at radius 3 is 2.62 bits per heavy atom. The zero-order valence-corrected chi connectivity index (χ0v) is 12.8. The summed E-state index contributed by atoms with van der Waals surface area (Å²) in [5.74, 6) is -0.767. The molecule has 11 heteroatoms. The number of benzene rings is 1. The fourth-order valence-electron chi connectivity index (χ4n) is 2.01. The fourth-order valence-corrected chi connectivity index (χ4v) is 2.41. The summed E-state index contributed by atoms with van der Waals surface area (Å²) in [6.07, 6.45) is 3.68. The molecule has 126 valence electrons. The minimum atomic E-state index is -5.80. The number of aromatic nitrogens is 4. The smallest absolute Gasteiger partial charge is 0.354 e. The zero-order valence-electron chi connectivity index (χ0n) is 12.0. The van der Waals surface area contributed by atoms with Crippen LogP contribution >= 0.6 is 0 Å². The average Bonchev–Trinajstić information content (AvgIpc) is 2.87. The molecule has 0 fully saturated rings. The number of aryl methyl sites for hydroxylation is 1. The van der Waals surface area contributed by atoms with Gasteiger partial charge in [0.2, 0.25) is 0 Å². The van der Waals surface area contributed by atoms with E-state index < -0.39 is 21.5 Å². The second-order valence-corrected chi connectivity index (χ2v) is 6.31. The minimum absolute atomic E-state index is 0.163. The number of hydrogen-bond acceptors (Lipinski definition) is 6. The van der Waals surface area contributed by atoms with Crippen LogP contribution in [0.1, 0.15) is 0 Å². The summed E-state index contributed by atoms with van der Waals surface area (Å²) in [5, 5.41) is 4.86. The molecule has 0 bridgehead atoms. The molecule has 0 aliphatic heterocycles. The second kappa shape index (κ2) is 5.44. The van der Waals surface area contributed by atoms with Gasteiger partial charge in [-0.15, -0.1) is 0 Å². The van der Waals surface area contributed by atoms with Crippen molar-refractivity contribution in [3.05, 3.63) is 36.8 Å². The van der Waals surface area contributed by atoms with E-state index in [-0.39, 0.29) is 5.69 Å². The third-order valence-corrected chi connectivity index (χ3v) is 4.09. The van der Waals surface area contributed by atoms with Crippen LogP contribution in [0.5, 0.6) is 5.88 Å². The molecule has 0 saturated carbocycles. The van der Waals surface area contributed by atoms with Gasteiger partial charge in [0.15, 0.2) is 0 Å². The summed E-state index contributed by atoms with van der Waals surface area (Å²) in [4.78, 5) is 7.44. The Morgan fingerprint density at radius 1 is 1.17 bits per heavy atom. The van der Waals surface area contributed by atoms with E-state index in [2.05, 4.69) is 19.2 Å². The van der Waals surface area contributed by atoms with Gasteiger partial charge in [0, 0.05) is 18.0 Å². The summed E-state index contributed by atoms with van der Waals surface area (Å²) in [6, 6.07) is 5.11. The molecule has 0 spiro atoms. The second-order valence-electron chi connectivity index (χ2n) is 4.77. The van der Waals surface area contributed by atoms with Gasteiger partial charge >= 0.3 is 15.6 Å². The van der Waals surface area contributed by atoms with Crippen LogP contribution in [-0.4, -0.2) is 33.7 Å². The maximum Gasteiger partial charge on any atom is 0.534 e. The molecule has 0 unspecified atom stereocenters. The highest BCUT2D eigenvalue weighted by molar-refractivity contribution is 7.87. The van der Waals surface area contributed by atoms with Crippen LogP contribution in [0.25, 0.3) is 22.2 Å². The number of alkyl halides is 3. The van der Waals surface area contributed by atoms with Crippen LogP contribution in [0.3, 0.4) is 0 Å². The molecular weight excluding hydrogens is 349 g/mol. The highest BCUT2D eigenvalue weighted by atomic mass is 32.2. The molecule has 1 aromatic carbocycles. The van der Waals surface area contributed by atoms with Gasteiger partial charge in [0.1, 0.15) is 0 Å². The number of rotatable bonds is 3. The molecule has 0 aliphatic rings. The predicted molar refractivity (Wildman–Crippen MR) is 77.3 cm³/mol. The summed E-state index contributed by atoms with van der Waals surface area (Å²) in [6.45, 7) is 0. The van der Waals surface area contributed by atoms with E-state index in [1.807, 2.05) is 0 Å². The first-order valence-corrected chi connectivity index (χ1v) is 7.83. The summed E-state index contributed by atoms with van der Waals surface area (Å²) in [7, 11) is -4.03. The topological polar surface area (TPSA) is 87.0 Å². The predicted octanol–water partition coefficient (Wildman–Crippen LogP) is 2.26. The van der Waals surface area contributed by atoms with Gasteiger partial charge in [-0.05, 0) is 12.1 Å². The first-order chi connectivity index (χ1) is 11.2. The Morgan fingerprint density at radius 2 is 1.92 bits per heavy atom. The van der Waals surface area contributed by atoms with Crippen LogP contribution < -0.4 is 4.18 Å². The Labute approximate surface area is 133 Å². The van der Waals surface area contributed by atoms with Crippen molar-refractivity contribution in [3.63, 3.8) is 0 Å². The Kier molecular flexibility index (Phi) is 3.67. The van der Waals surface area contributed by atoms with E-state index >= 15 is 0 Å². The molecule has 24 heavy (non-hydrogen) atoms. The van der Waals surface area contributed by atoms with Crippen molar-refractivity contribution >= 4 is 21.0 Å². The molecule has 7 nitrogen and oxygen atoms in total. The first-order valence-electron chi connectivity index (χ1n) is 6.42. The minimum Gasteiger partial charge on any atom is -0.354 e. The molecular formula is C13H9F3N4O3S. The Bertz CT molecular complexity index is 1010.